The lowest BCUT2D eigenvalue weighted by molar-refractivity contribution is -0.240. The second kappa shape index (κ2) is 5.22. The van der Waals surface area contributed by atoms with E-state index in [1.165, 1.54) is 25.7 Å². The van der Waals surface area contributed by atoms with Crippen molar-refractivity contribution < 1.29 is 9.47 Å². The Kier molecular flexibility index (Phi) is 3.66. The van der Waals surface area contributed by atoms with Crippen molar-refractivity contribution in [3.05, 3.63) is 0 Å². The Morgan fingerprint density at radius 3 is 1.53 bits per heavy atom. The summed E-state index contributed by atoms with van der Waals surface area (Å²) in [6, 6.07) is 0. The van der Waals surface area contributed by atoms with Crippen LogP contribution in [0.5, 0.6) is 0 Å². The van der Waals surface area contributed by atoms with E-state index in [1.54, 1.807) is 0 Å². The highest BCUT2D eigenvalue weighted by atomic mass is 16.7. The monoisotopic (exact) mass is 240 g/mol. The van der Waals surface area contributed by atoms with Crippen LogP contribution < -0.4 is 10.6 Å². The fraction of sp³-hybridized carbons (Fsp3) is 1.00. The summed E-state index contributed by atoms with van der Waals surface area (Å²) in [5, 5.41) is 6.87. The first-order chi connectivity index (χ1) is 8.42. The van der Waals surface area contributed by atoms with Gasteiger partial charge in [0.2, 0.25) is 0 Å². The number of hydrogen-bond donors (Lipinski definition) is 2. The van der Waals surface area contributed by atoms with Crippen molar-refractivity contribution in [2.24, 2.45) is 11.8 Å². The molecule has 4 nitrogen and oxygen atoms in total. The van der Waals surface area contributed by atoms with E-state index in [4.69, 9.17) is 9.47 Å². The van der Waals surface area contributed by atoms with E-state index in [2.05, 4.69) is 10.6 Å². The van der Waals surface area contributed by atoms with Crippen molar-refractivity contribution in [2.75, 3.05) is 39.4 Å². The molecule has 0 aromatic rings. The molecule has 17 heavy (non-hydrogen) atoms. The lowest BCUT2D eigenvalue weighted by Gasteiger charge is -2.44. The van der Waals surface area contributed by atoms with Gasteiger partial charge in [-0.15, -0.1) is 0 Å². The van der Waals surface area contributed by atoms with E-state index < -0.39 is 0 Å². The Labute approximate surface area is 103 Å². The van der Waals surface area contributed by atoms with Gasteiger partial charge < -0.3 is 20.1 Å². The molecule has 2 N–H and O–H groups in total. The van der Waals surface area contributed by atoms with Crippen LogP contribution in [0.1, 0.15) is 25.7 Å². The lowest BCUT2D eigenvalue weighted by atomic mass is 9.77. The molecule has 3 aliphatic heterocycles. The van der Waals surface area contributed by atoms with Crippen molar-refractivity contribution in [3.63, 3.8) is 0 Å². The molecule has 3 fully saturated rings. The Hall–Kier alpha value is -0.160. The quantitative estimate of drug-likeness (QED) is 0.747. The molecule has 0 unspecified atom stereocenters. The van der Waals surface area contributed by atoms with Gasteiger partial charge in [-0.3, -0.25) is 0 Å². The first kappa shape index (κ1) is 11.9. The molecule has 0 aromatic carbocycles. The summed E-state index contributed by atoms with van der Waals surface area (Å²) in [6.45, 7) is 6.03. The van der Waals surface area contributed by atoms with Crippen molar-refractivity contribution in [3.8, 4) is 0 Å². The Bertz CT molecular complexity index is 222. The SMILES string of the molecule is C1CC(C2(C3CCNCC3)OCCO2)CCN1. The summed E-state index contributed by atoms with van der Waals surface area (Å²) in [6.07, 6.45) is 4.79. The van der Waals surface area contributed by atoms with E-state index in [-0.39, 0.29) is 5.79 Å². The van der Waals surface area contributed by atoms with Gasteiger partial charge in [0.15, 0.2) is 5.79 Å². The maximum Gasteiger partial charge on any atom is 0.174 e. The van der Waals surface area contributed by atoms with Gasteiger partial charge in [0.25, 0.3) is 0 Å². The van der Waals surface area contributed by atoms with E-state index >= 15 is 0 Å². The molecule has 0 saturated carbocycles. The second-order valence-corrected chi connectivity index (χ2v) is 5.47. The topological polar surface area (TPSA) is 42.5 Å². The minimum Gasteiger partial charge on any atom is -0.347 e. The summed E-state index contributed by atoms with van der Waals surface area (Å²) in [5.41, 5.74) is 0. The molecular formula is C13H24N2O2. The first-order valence-corrected chi connectivity index (χ1v) is 7.11. The zero-order valence-electron chi connectivity index (χ0n) is 10.5. The van der Waals surface area contributed by atoms with Crippen LogP contribution in [0.15, 0.2) is 0 Å². The molecule has 3 aliphatic rings. The standard InChI is InChI=1S/C13H24N2O2/c1-5-14-6-2-11(1)13(16-9-10-17-13)12-3-7-15-8-4-12/h11-12,14-15H,1-10H2. The zero-order chi connectivity index (χ0) is 11.6. The molecule has 0 radical (unpaired) electrons. The van der Waals surface area contributed by atoms with Crippen molar-refractivity contribution >= 4 is 0 Å². The number of piperidine rings is 2. The maximum atomic E-state index is 6.14. The van der Waals surface area contributed by atoms with Gasteiger partial charge in [0.1, 0.15) is 0 Å². The molecule has 0 atom stereocenters. The average Bonchev–Trinajstić information content (AvgIpc) is 2.91. The molecule has 0 aliphatic carbocycles. The summed E-state index contributed by atoms with van der Waals surface area (Å²) in [7, 11) is 0. The highest BCUT2D eigenvalue weighted by Gasteiger charge is 2.50. The molecule has 4 heteroatoms. The number of rotatable bonds is 2. The van der Waals surface area contributed by atoms with Gasteiger partial charge in [-0.2, -0.15) is 0 Å². The van der Waals surface area contributed by atoms with Gasteiger partial charge in [-0.1, -0.05) is 0 Å². The van der Waals surface area contributed by atoms with Crippen LogP contribution in [0.2, 0.25) is 0 Å². The van der Waals surface area contributed by atoms with E-state index in [0.29, 0.717) is 11.8 Å². The van der Waals surface area contributed by atoms with Crippen molar-refractivity contribution in [1.29, 1.82) is 0 Å². The molecular weight excluding hydrogens is 216 g/mol. The number of nitrogens with one attached hydrogen (secondary N) is 2. The minimum atomic E-state index is -0.246. The molecule has 0 spiro atoms. The predicted octanol–water partition coefficient (Wildman–Crippen LogP) is 0.729. The Morgan fingerprint density at radius 2 is 1.12 bits per heavy atom. The Morgan fingerprint density at radius 1 is 0.706 bits per heavy atom. The summed E-state index contributed by atoms with van der Waals surface area (Å²) >= 11 is 0. The van der Waals surface area contributed by atoms with Crippen molar-refractivity contribution in [1.82, 2.24) is 10.6 Å². The van der Waals surface area contributed by atoms with Crippen LogP contribution in [0.3, 0.4) is 0 Å². The highest BCUT2D eigenvalue weighted by molar-refractivity contribution is 4.93. The van der Waals surface area contributed by atoms with Crippen molar-refractivity contribution in [2.45, 2.75) is 31.5 Å². The second-order valence-electron chi connectivity index (χ2n) is 5.47. The number of hydrogen-bond acceptors (Lipinski definition) is 4. The largest absolute Gasteiger partial charge is 0.347 e. The smallest absolute Gasteiger partial charge is 0.174 e. The van der Waals surface area contributed by atoms with Gasteiger partial charge in [0, 0.05) is 11.8 Å². The lowest BCUT2D eigenvalue weighted by Crippen LogP contribution is -2.52. The van der Waals surface area contributed by atoms with Crippen LogP contribution in [-0.2, 0) is 9.47 Å². The van der Waals surface area contributed by atoms with E-state index in [0.717, 1.165) is 39.4 Å². The molecule has 3 heterocycles. The molecule has 3 saturated heterocycles. The van der Waals surface area contributed by atoms with Gasteiger partial charge in [-0.25, -0.2) is 0 Å². The van der Waals surface area contributed by atoms with E-state index in [9.17, 15) is 0 Å². The first-order valence-electron chi connectivity index (χ1n) is 7.11. The maximum absolute atomic E-state index is 6.14. The third-order valence-electron chi connectivity index (χ3n) is 4.56. The van der Waals surface area contributed by atoms with Crippen LogP contribution in [0.4, 0.5) is 0 Å². The van der Waals surface area contributed by atoms with Crippen LogP contribution in [-0.4, -0.2) is 45.2 Å². The molecule has 98 valence electrons. The third-order valence-corrected chi connectivity index (χ3v) is 4.56. The van der Waals surface area contributed by atoms with Crippen LogP contribution >= 0.6 is 0 Å². The zero-order valence-corrected chi connectivity index (χ0v) is 10.5. The normalized spacial score (nSPS) is 31.8. The van der Waals surface area contributed by atoms with Gasteiger partial charge >= 0.3 is 0 Å². The highest BCUT2D eigenvalue weighted by Crippen LogP contribution is 2.43. The van der Waals surface area contributed by atoms with Gasteiger partial charge in [0.05, 0.1) is 13.2 Å². The summed E-state index contributed by atoms with van der Waals surface area (Å²) in [4.78, 5) is 0. The Balaban J connectivity index is 1.75. The van der Waals surface area contributed by atoms with E-state index in [1.807, 2.05) is 0 Å². The summed E-state index contributed by atoms with van der Waals surface area (Å²) < 4.78 is 12.3. The third kappa shape index (κ3) is 2.24. The van der Waals surface area contributed by atoms with Crippen LogP contribution in [0.25, 0.3) is 0 Å². The summed E-state index contributed by atoms with van der Waals surface area (Å²) in [5.74, 6) is 0.938. The molecule has 0 bridgehead atoms. The van der Waals surface area contributed by atoms with Crippen LogP contribution in [0, 0.1) is 11.8 Å². The fourth-order valence-electron chi connectivity index (χ4n) is 3.70. The van der Waals surface area contributed by atoms with Gasteiger partial charge in [-0.05, 0) is 51.9 Å². The predicted molar refractivity (Wildman–Crippen MR) is 65.8 cm³/mol. The molecule has 0 aromatic heterocycles. The number of ether oxygens (including phenoxy) is 2. The average molecular weight is 240 g/mol. The minimum absolute atomic E-state index is 0.246. The molecule has 0 amide bonds. The molecule has 3 rings (SSSR count). The fourth-order valence-corrected chi connectivity index (χ4v) is 3.70.